The second-order valence-electron chi connectivity index (χ2n) is 7.88. The Morgan fingerprint density at radius 3 is 2.56 bits per heavy atom. The van der Waals surface area contributed by atoms with Crippen molar-refractivity contribution in [3.05, 3.63) is 35.6 Å². The van der Waals surface area contributed by atoms with Gasteiger partial charge in [-0.25, -0.2) is 4.39 Å². The number of hydrogen-bond acceptors (Lipinski definition) is 3. The first kappa shape index (κ1) is 16.7. The molecule has 1 aliphatic heterocycles. The Morgan fingerprint density at radius 2 is 1.92 bits per heavy atom. The Balaban J connectivity index is 1.56. The molecule has 2 aliphatic carbocycles. The zero-order valence-corrected chi connectivity index (χ0v) is 14.7. The molecular weight excluding hydrogens is 319 g/mol. The van der Waals surface area contributed by atoms with E-state index in [1.807, 2.05) is 13.0 Å². The summed E-state index contributed by atoms with van der Waals surface area (Å²) in [7, 11) is 0. The SMILES string of the molecule is CC(c1ccccc1F)N(CN1C(=O)CC2(CCCC2)C1=O)C1CC1. The van der Waals surface area contributed by atoms with Crippen LogP contribution in [0.1, 0.15) is 63.5 Å². The first-order chi connectivity index (χ1) is 12.0. The Kier molecular flexibility index (Phi) is 4.14. The van der Waals surface area contributed by atoms with Crippen LogP contribution in [0.5, 0.6) is 0 Å². The predicted molar refractivity (Wildman–Crippen MR) is 91.9 cm³/mol. The summed E-state index contributed by atoms with van der Waals surface area (Å²) in [5, 5.41) is 0. The lowest BCUT2D eigenvalue weighted by molar-refractivity contribution is -0.144. The highest BCUT2D eigenvalue weighted by Crippen LogP contribution is 2.47. The van der Waals surface area contributed by atoms with Crippen LogP contribution >= 0.6 is 0 Å². The van der Waals surface area contributed by atoms with Gasteiger partial charge < -0.3 is 0 Å². The Hall–Kier alpha value is -1.75. The minimum absolute atomic E-state index is 0.00128. The van der Waals surface area contributed by atoms with Gasteiger partial charge in [0.15, 0.2) is 0 Å². The highest BCUT2D eigenvalue weighted by molar-refractivity contribution is 6.06. The smallest absolute Gasteiger partial charge is 0.237 e. The molecular formula is C20H25FN2O2. The zero-order valence-electron chi connectivity index (χ0n) is 14.7. The second-order valence-corrected chi connectivity index (χ2v) is 7.88. The molecule has 0 radical (unpaired) electrons. The van der Waals surface area contributed by atoms with Gasteiger partial charge in [-0.2, -0.15) is 0 Å². The number of carbonyl (C=O) groups is 2. The molecule has 3 fully saturated rings. The van der Waals surface area contributed by atoms with Crippen LogP contribution in [0.3, 0.4) is 0 Å². The molecule has 134 valence electrons. The highest BCUT2D eigenvalue weighted by atomic mass is 19.1. The maximum Gasteiger partial charge on any atom is 0.237 e. The van der Waals surface area contributed by atoms with E-state index >= 15 is 0 Å². The van der Waals surface area contributed by atoms with Crippen molar-refractivity contribution in [2.45, 2.75) is 64.0 Å². The molecule has 1 heterocycles. The van der Waals surface area contributed by atoms with Crippen LogP contribution in [0, 0.1) is 11.2 Å². The predicted octanol–water partition coefficient (Wildman–Crippen LogP) is 3.63. The number of imide groups is 1. The molecule has 25 heavy (non-hydrogen) atoms. The van der Waals surface area contributed by atoms with Crippen LogP contribution < -0.4 is 0 Å². The molecule has 1 spiro atoms. The van der Waals surface area contributed by atoms with Gasteiger partial charge in [-0.1, -0.05) is 31.0 Å². The number of halogens is 1. The molecule has 4 rings (SSSR count). The molecule has 3 aliphatic rings. The van der Waals surface area contributed by atoms with Crippen LogP contribution in [0.4, 0.5) is 4.39 Å². The standard InChI is InChI=1S/C20H25FN2O2/c1-14(16-6-2-3-7-17(16)21)22(15-8-9-15)13-23-18(24)12-20(19(23)25)10-4-5-11-20/h2-3,6-7,14-15H,4-5,8-13H2,1H3. The fourth-order valence-electron chi connectivity index (χ4n) is 4.56. The number of amides is 2. The summed E-state index contributed by atoms with van der Waals surface area (Å²) in [5.41, 5.74) is 0.192. The third-order valence-electron chi connectivity index (χ3n) is 6.22. The van der Waals surface area contributed by atoms with Crippen molar-refractivity contribution in [3.63, 3.8) is 0 Å². The molecule has 1 unspecified atom stereocenters. The molecule has 2 amide bonds. The maximum absolute atomic E-state index is 14.2. The topological polar surface area (TPSA) is 40.6 Å². The van der Waals surface area contributed by atoms with Gasteiger partial charge in [0.2, 0.25) is 11.8 Å². The van der Waals surface area contributed by atoms with Crippen molar-refractivity contribution in [2.75, 3.05) is 6.67 Å². The number of nitrogens with zero attached hydrogens (tertiary/aromatic N) is 2. The van der Waals surface area contributed by atoms with E-state index in [1.165, 1.54) is 11.0 Å². The molecule has 5 heteroatoms. The molecule has 0 N–H and O–H groups in total. The Bertz CT molecular complexity index is 695. The number of likely N-dealkylation sites (tertiary alicyclic amines) is 1. The average Bonchev–Trinajstić information content (AvgIpc) is 3.28. The van der Waals surface area contributed by atoms with Crippen molar-refractivity contribution in [2.24, 2.45) is 5.41 Å². The summed E-state index contributed by atoms with van der Waals surface area (Å²) in [6.07, 6.45) is 6.18. The Morgan fingerprint density at radius 1 is 1.24 bits per heavy atom. The summed E-state index contributed by atoms with van der Waals surface area (Å²) in [6, 6.07) is 6.95. The van der Waals surface area contributed by atoms with Crippen molar-refractivity contribution in [1.82, 2.24) is 9.80 Å². The summed E-state index contributed by atoms with van der Waals surface area (Å²) >= 11 is 0. The van der Waals surface area contributed by atoms with Crippen molar-refractivity contribution < 1.29 is 14.0 Å². The Labute approximate surface area is 148 Å². The average molecular weight is 344 g/mol. The summed E-state index contributed by atoms with van der Waals surface area (Å²) in [5.74, 6) is -0.286. The van der Waals surface area contributed by atoms with E-state index in [2.05, 4.69) is 4.90 Å². The molecule has 0 bridgehead atoms. The molecule has 0 aromatic heterocycles. The fourth-order valence-corrected chi connectivity index (χ4v) is 4.56. The summed E-state index contributed by atoms with van der Waals surface area (Å²) in [6.45, 7) is 2.26. The minimum Gasteiger partial charge on any atom is -0.276 e. The van der Waals surface area contributed by atoms with Crippen LogP contribution in [-0.2, 0) is 9.59 Å². The van der Waals surface area contributed by atoms with Gasteiger partial charge in [-0.3, -0.25) is 19.4 Å². The number of carbonyl (C=O) groups excluding carboxylic acids is 2. The van der Waals surface area contributed by atoms with Gasteiger partial charge in [0.1, 0.15) is 5.82 Å². The van der Waals surface area contributed by atoms with Gasteiger partial charge in [-0.05, 0) is 38.7 Å². The number of benzene rings is 1. The fraction of sp³-hybridized carbons (Fsp3) is 0.600. The van der Waals surface area contributed by atoms with Crippen LogP contribution in [0.15, 0.2) is 24.3 Å². The van der Waals surface area contributed by atoms with E-state index in [9.17, 15) is 14.0 Å². The van der Waals surface area contributed by atoms with E-state index < -0.39 is 5.41 Å². The van der Waals surface area contributed by atoms with Gasteiger partial charge in [0.25, 0.3) is 0 Å². The first-order valence-corrected chi connectivity index (χ1v) is 9.37. The summed E-state index contributed by atoms with van der Waals surface area (Å²) in [4.78, 5) is 29.1. The maximum atomic E-state index is 14.2. The third kappa shape index (κ3) is 2.88. The van der Waals surface area contributed by atoms with Gasteiger partial charge in [0.05, 0.1) is 12.1 Å². The minimum atomic E-state index is -0.437. The largest absolute Gasteiger partial charge is 0.276 e. The summed E-state index contributed by atoms with van der Waals surface area (Å²) < 4.78 is 14.2. The van der Waals surface area contributed by atoms with E-state index in [0.29, 0.717) is 24.7 Å². The number of rotatable bonds is 5. The molecule has 1 aromatic carbocycles. The molecule has 1 saturated heterocycles. The highest BCUT2D eigenvalue weighted by Gasteiger charge is 2.53. The van der Waals surface area contributed by atoms with Gasteiger partial charge >= 0.3 is 0 Å². The molecule has 1 aromatic rings. The lowest BCUT2D eigenvalue weighted by Gasteiger charge is -2.33. The third-order valence-corrected chi connectivity index (χ3v) is 6.22. The van der Waals surface area contributed by atoms with Gasteiger partial charge in [-0.15, -0.1) is 0 Å². The number of hydrogen-bond donors (Lipinski definition) is 0. The van der Waals surface area contributed by atoms with Gasteiger partial charge in [0, 0.05) is 24.1 Å². The zero-order chi connectivity index (χ0) is 17.6. The lowest BCUT2D eigenvalue weighted by atomic mass is 9.85. The van der Waals surface area contributed by atoms with E-state index in [4.69, 9.17) is 0 Å². The second kappa shape index (κ2) is 6.20. The molecule has 2 saturated carbocycles. The molecule has 1 atom stereocenters. The van der Waals surface area contributed by atoms with E-state index in [1.54, 1.807) is 12.1 Å². The van der Waals surface area contributed by atoms with Crippen LogP contribution in [-0.4, -0.2) is 34.3 Å². The van der Waals surface area contributed by atoms with E-state index in [0.717, 1.165) is 38.5 Å². The van der Waals surface area contributed by atoms with Crippen molar-refractivity contribution >= 4 is 11.8 Å². The van der Waals surface area contributed by atoms with Crippen molar-refractivity contribution in [1.29, 1.82) is 0 Å². The van der Waals surface area contributed by atoms with Crippen LogP contribution in [0.2, 0.25) is 0 Å². The van der Waals surface area contributed by atoms with Crippen LogP contribution in [0.25, 0.3) is 0 Å². The van der Waals surface area contributed by atoms with Crippen molar-refractivity contribution in [3.8, 4) is 0 Å². The lowest BCUT2D eigenvalue weighted by Crippen LogP contribution is -2.45. The monoisotopic (exact) mass is 344 g/mol. The first-order valence-electron chi connectivity index (χ1n) is 9.37. The normalized spacial score (nSPS) is 23.9. The molecule has 4 nitrogen and oxygen atoms in total. The van der Waals surface area contributed by atoms with E-state index in [-0.39, 0.29) is 23.7 Å². The quantitative estimate of drug-likeness (QED) is 0.766.